The minimum Gasteiger partial charge on any atom is -0.444 e. The number of nitrogens with zero attached hydrogens (tertiary/aromatic N) is 7. The van der Waals surface area contributed by atoms with Crippen LogP contribution < -0.4 is 15.8 Å². The van der Waals surface area contributed by atoms with E-state index in [1.807, 2.05) is 54.6 Å². The average Bonchev–Trinajstić information content (AvgIpc) is 3.74. The van der Waals surface area contributed by atoms with E-state index in [1.54, 1.807) is 6.07 Å². The molecule has 0 atom stereocenters. The number of anilines is 1. The van der Waals surface area contributed by atoms with Crippen molar-refractivity contribution < 1.29 is 9.53 Å². The number of hydrogen-bond acceptors (Lipinski definition) is 8. The molecule has 0 bridgehead atoms. The van der Waals surface area contributed by atoms with E-state index in [4.69, 9.17) is 14.7 Å². The number of rotatable bonds is 8. The first-order valence-electron chi connectivity index (χ1n) is 17.0. The van der Waals surface area contributed by atoms with Crippen molar-refractivity contribution in [2.45, 2.75) is 103 Å². The molecule has 47 heavy (non-hydrogen) atoms. The Kier molecular flexibility index (Phi) is 9.24. The first-order valence-corrected chi connectivity index (χ1v) is 20.5. The number of H-pyrrole nitrogens is 1. The summed E-state index contributed by atoms with van der Waals surface area (Å²) in [5.74, 6) is 0.609. The van der Waals surface area contributed by atoms with Crippen LogP contribution in [0.3, 0.4) is 0 Å². The third kappa shape index (κ3) is 7.27. The molecular weight excluding hydrogens is 609 g/mol. The number of ether oxygens (including phenoxy) is 1. The van der Waals surface area contributed by atoms with Crippen LogP contribution in [0.5, 0.6) is 0 Å². The highest BCUT2D eigenvalue weighted by Gasteiger charge is 2.33. The van der Waals surface area contributed by atoms with Crippen molar-refractivity contribution >= 4 is 36.5 Å². The van der Waals surface area contributed by atoms with Gasteiger partial charge in [-0.05, 0) is 58.4 Å². The summed E-state index contributed by atoms with van der Waals surface area (Å²) in [7, 11) is -1.85. The van der Waals surface area contributed by atoms with Crippen LogP contribution in [0.15, 0.2) is 47.4 Å². The fourth-order valence-corrected chi connectivity index (χ4v) is 8.22. The highest BCUT2D eigenvalue weighted by atomic mass is 28.3. The molecule has 1 N–H and O–H groups in total. The number of amides is 1. The third-order valence-electron chi connectivity index (χ3n) is 9.28. The van der Waals surface area contributed by atoms with E-state index in [2.05, 4.69) is 52.1 Å². The second-order valence-electron chi connectivity index (χ2n) is 15.0. The van der Waals surface area contributed by atoms with E-state index in [1.165, 1.54) is 5.56 Å². The summed E-state index contributed by atoms with van der Waals surface area (Å²) in [5, 5.41) is 13.6. The first kappa shape index (κ1) is 32.9. The van der Waals surface area contributed by atoms with E-state index in [0.717, 1.165) is 66.9 Å². The molecule has 3 aromatic heterocycles. The zero-order valence-corrected chi connectivity index (χ0v) is 29.6. The van der Waals surface area contributed by atoms with Crippen molar-refractivity contribution in [2.75, 3.05) is 24.5 Å². The molecule has 0 unspecified atom stereocenters. The number of benzene rings is 1. The van der Waals surface area contributed by atoms with E-state index >= 15 is 0 Å². The molecule has 0 spiro atoms. The maximum absolute atomic E-state index is 13.8. The van der Waals surface area contributed by atoms with Crippen molar-refractivity contribution in [3.63, 3.8) is 0 Å². The second kappa shape index (κ2) is 13.2. The molecule has 2 fully saturated rings. The normalized spacial score (nSPS) is 16.6. The van der Waals surface area contributed by atoms with Crippen LogP contribution in [-0.2, 0) is 11.2 Å². The van der Waals surface area contributed by atoms with Gasteiger partial charge in [-0.1, -0.05) is 62.8 Å². The molecule has 250 valence electrons. The largest absolute Gasteiger partial charge is 0.444 e. The number of carbonyl (C=O) groups is 1. The van der Waals surface area contributed by atoms with Crippen LogP contribution in [0.1, 0.15) is 70.9 Å². The Morgan fingerprint density at radius 2 is 1.74 bits per heavy atom. The van der Waals surface area contributed by atoms with Gasteiger partial charge in [-0.3, -0.25) is 9.36 Å². The molecule has 11 nitrogen and oxygen atoms in total. The number of hydrogen-bond donors (Lipinski definition) is 1. The number of piperidine rings is 1. The lowest BCUT2D eigenvalue weighted by Crippen LogP contribution is -2.50. The van der Waals surface area contributed by atoms with Crippen molar-refractivity contribution in [1.29, 1.82) is 0 Å². The number of carbonyl (C=O) groups excluding carboxylic acids is 1. The standard InChI is InChI=1S/C35H48N8O3Si/c1-35(2,3)46-34(45)42(21-16-24-12-8-7-9-13-24)25-17-19-41(20-18-25)33-36-23-28-27(30-32(39-40-38-30)47(4,5)6)22-29(44)43(31(28)37-33)26-14-10-11-15-26/h7-9,12-13,22-23,25-26H,10-11,14-21H2,1-6H3,(H,38,39,40). The molecule has 12 heteroatoms. The molecule has 4 aromatic rings. The quantitative estimate of drug-likeness (QED) is 0.240. The van der Waals surface area contributed by atoms with E-state index in [-0.39, 0.29) is 23.7 Å². The van der Waals surface area contributed by atoms with Crippen LogP contribution in [0.4, 0.5) is 10.7 Å². The SMILES string of the molecule is CC(C)(C)OC(=O)N(CCc1ccccc1)C1CCN(c2ncc3c(-c4n[nH]nc4[Si](C)(C)C)cc(=O)n(C4CCCC4)c3n2)CC1. The summed E-state index contributed by atoms with van der Waals surface area (Å²) in [4.78, 5) is 41.3. The highest BCUT2D eigenvalue weighted by Crippen LogP contribution is 2.34. The van der Waals surface area contributed by atoms with Crippen LogP contribution in [0.25, 0.3) is 22.3 Å². The molecule has 0 radical (unpaired) electrons. The Hall–Kier alpha value is -4.06. The smallest absolute Gasteiger partial charge is 0.410 e. The van der Waals surface area contributed by atoms with Crippen LogP contribution in [0, 0.1) is 0 Å². The number of fused-ring (bicyclic) bond motifs is 1. The summed E-state index contributed by atoms with van der Waals surface area (Å²) in [5.41, 5.74) is 2.69. The molecule has 1 aromatic carbocycles. The van der Waals surface area contributed by atoms with E-state index < -0.39 is 13.7 Å². The van der Waals surface area contributed by atoms with Gasteiger partial charge in [-0.15, -0.1) is 0 Å². The third-order valence-corrected chi connectivity index (χ3v) is 11.1. The van der Waals surface area contributed by atoms with Crippen molar-refractivity contribution in [3.8, 4) is 11.3 Å². The van der Waals surface area contributed by atoms with Gasteiger partial charge in [-0.25, -0.2) is 9.78 Å². The molecule has 1 saturated carbocycles. The molecule has 1 aliphatic carbocycles. The molecule has 1 amide bonds. The minimum absolute atomic E-state index is 0.0423. The van der Waals surface area contributed by atoms with Gasteiger partial charge in [-0.2, -0.15) is 20.4 Å². The van der Waals surface area contributed by atoms with Gasteiger partial charge in [0, 0.05) is 54.9 Å². The van der Waals surface area contributed by atoms with Gasteiger partial charge in [0.2, 0.25) is 5.95 Å². The first-order chi connectivity index (χ1) is 22.4. The number of pyridine rings is 1. The minimum atomic E-state index is -1.85. The summed E-state index contributed by atoms with van der Waals surface area (Å²) in [6, 6.07) is 12.1. The monoisotopic (exact) mass is 656 g/mol. The molecule has 6 rings (SSSR count). The number of aromatic nitrogens is 6. The Labute approximate surface area is 277 Å². The summed E-state index contributed by atoms with van der Waals surface area (Å²) >= 11 is 0. The van der Waals surface area contributed by atoms with Crippen molar-refractivity contribution in [3.05, 3.63) is 58.5 Å². The van der Waals surface area contributed by atoms with Gasteiger partial charge in [0.15, 0.2) is 0 Å². The Balaban J connectivity index is 1.29. The molecule has 2 aliphatic rings. The lowest BCUT2D eigenvalue weighted by atomic mass is 10.0. The summed E-state index contributed by atoms with van der Waals surface area (Å²) < 4.78 is 7.75. The van der Waals surface area contributed by atoms with E-state index in [9.17, 15) is 9.59 Å². The fourth-order valence-electron chi connectivity index (χ4n) is 6.93. The fraction of sp³-hybridized carbons (Fsp3) is 0.543. The average molecular weight is 657 g/mol. The van der Waals surface area contributed by atoms with Gasteiger partial charge >= 0.3 is 6.09 Å². The predicted octanol–water partition coefficient (Wildman–Crippen LogP) is 5.69. The van der Waals surface area contributed by atoms with Gasteiger partial charge in [0.1, 0.15) is 25.0 Å². The van der Waals surface area contributed by atoms with Gasteiger partial charge in [0.05, 0.1) is 5.32 Å². The lowest BCUT2D eigenvalue weighted by molar-refractivity contribution is 0.0138. The summed E-state index contributed by atoms with van der Waals surface area (Å²) in [6.07, 6.45) is 8.03. The zero-order chi connectivity index (χ0) is 33.3. The Morgan fingerprint density at radius 1 is 1.04 bits per heavy atom. The van der Waals surface area contributed by atoms with E-state index in [0.29, 0.717) is 31.2 Å². The van der Waals surface area contributed by atoms with Crippen LogP contribution in [-0.4, -0.2) is 80.3 Å². The lowest BCUT2D eigenvalue weighted by Gasteiger charge is -2.39. The van der Waals surface area contributed by atoms with Crippen molar-refractivity contribution in [1.82, 2.24) is 34.8 Å². The second-order valence-corrected chi connectivity index (χ2v) is 20.0. The predicted molar refractivity (Wildman–Crippen MR) is 188 cm³/mol. The van der Waals surface area contributed by atoms with Crippen LogP contribution in [0.2, 0.25) is 19.6 Å². The number of nitrogens with one attached hydrogen (secondary N) is 1. The van der Waals surface area contributed by atoms with Crippen LogP contribution >= 0.6 is 0 Å². The highest BCUT2D eigenvalue weighted by molar-refractivity contribution is 6.89. The van der Waals surface area contributed by atoms with Gasteiger partial charge < -0.3 is 14.5 Å². The van der Waals surface area contributed by atoms with Gasteiger partial charge in [0.25, 0.3) is 5.56 Å². The van der Waals surface area contributed by atoms with Crippen molar-refractivity contribution in [2.24, 2.45) is 0 Å². The topological polar surface area (TPSA) is 122 Å². The molecular formula is C35H48N8O3Si. The number of aromatic amines is 1. The Morgan fingerprint density at radius 3 is 2.40 bits per heavy atom. The molecule has 1 saturated heterocycles. The summed E-state index contributed by atoms with van der Waals surface area (Å²) in [6.45, 7) is 14.4. The molecule has 4 heterocycles. The molecule has 1 aliphatic heterocycles. The Bertz CT molecular complexity index is 1760. The zero-order valence-electron chi connectivity index (χ0n) is 28.6. The maximum atomic E-state index is 13.8. The maximum Gasteiger partial charge on any atom is 0.410 e.